The summed E-state index contributed by atoms with van der Waals surface area (Å²) in [6, 6.07) is 12.6. The van der Waals surface area contributed by atoms with Gasteiger partial charge in [-0.05, 0) is 29.6 Å². The maximum absolute atomic E-state index is 11.7. The number of benzene rings is 1. The van der Waals surface area contributed by atoms with Crippen molar-refractivity contribution in [1.82, 2.24) is 0 Å². The zero-order valence-corrected chi connectivity index (χ0v) is 12.6. The zero-order chi connectivity index (χ0) is 16.0. The number of allylic oxidation sites excluding steroid dienone is 1. The molecule has 0 spiro atoms. The molecule has 23 heavy (non-hydrogen) atoms. The van der Waals surface area contributed by atoms with Gasteiger partial charge in [-0.3, -0.25) is 0 Å². The van der Waals surface area contributed by atoms with Crippen LogP contribution in [-0.2, 0) is 0 Å². The van der Waals surface area contributed by atoms with Gasteiger partial charge in [0.1, 0.15) is 23.0 Å². The first-order chi connectivity index (χ1) is 11.2. The molecule has 2 N–H and O–H groups in total. The van der Waals surface area contributed by atoms with E-state index in [1.165, 1.54) is 17.4 Å². The summed E-state index contributed by atoms with van der Waals surface area (Å²) in [7, 11) is 0. The van der Waals surface area contributed by atoms with Crippen LogP contribution in [0.15, 0.2) is 62.4 Å². The van der Waals surface area contributed by atoms with E-state index in [0.717, 1.165) is 10.3 Å². The fraction of sp³-hybridized carbons (Fsp3) is 0.0588. The van der Waals surface area contributed by atoms with Gasteiger partial charge in [-0.2, -0.15) is 5.26 Å². The van der Waals surface area contributed by atoms with Crippen molar-refractivity contribution in [3.05, 3.63) is 74.1 Å². The van der Waals surface area contributed by atoms with Crippen molar-refractivity contribution >= 4 is 22.3 Å². The lowest BCUT2D eigenvalue weighted by molar-refractivity contribution is 0.393. The molecule has 1 aliphatic rings. The molecule has 0 amide bonds. The molecule has 112 valence electrons. The standard InChI is InChI=1S/C17H10N2O3S/c18-8-10-14(12-2-1-7-23-12)15-11(21-17(10)19)5-3-9-4-6-13(20)22-16(9)15/h1-7,14H,19H2/t14-/m1/s1. The molecule has 3 heterocycles. The number of hydrogen-bond acceptors (Lipinski definition) is 6. The Morgan fingerprint density at radius 3 is 2.78 bits per heavy atom. The number of fused-ring (bicyclic) bond motifs is 3. The number of hydrogen-bond donors (Lipinski definition) is 1. The molecule has 0 unspecified atom stereocenters. The Morgan fingerprint density at radius 1 is 1.22 bits per heavy atom. The largest absolute Gasteiger partial charge is 0.440 e. The van der Waals surface area contributed by atoms with Crippen LogP contribution in [0.5, 0.6) is 5.75 Å². The van der Waals surface area contributed by atoms with Gasteiger partial charge in [-0.15, -0.1) is 11.3 Å². The van der Waals surface area contributed by atoms with Gasteiger partial charge in [0.2, 0.25) is 5.88 Å². The highest BCUT2D eigenvalue weighted by Crippen LogP contribution is 2.46. The van der Waals surface area contributed by atoms with Crippen LogP contribution in [0.3, 0.4) is 0 Å². The molecule has 6 heteroatoms. The second kappa shape index (κ2) is 5.00. The summed E-state index contributed by atoms with van der Waals surface area (Å²) in [5.41, 5.74) is 6.88. The molecule has 4 rings (SSSR count). The number of ether oxygens (including phenoxy) is 1. The van der Waals surface area contributed by atoms with Gasteiger partial charge in [0, 0.05) is 16.3 Å². The summed E-state index contributed by atoms with van der Waals surface area (Å²) in [4.78, 5) is 12.6. The third kappa shape index (κ3) is 2.02. The number of nitriles is 1. The summed E-state index contributed by atoms with van der Waals surface area (Å²) < 4.78 is 11.0. The molecule has 1 atom stereocenters. The van der Waals surface area contributed by atoms with E-state index in [1.807, 2.05) is 17.5 Å². The molecule has 0 radical (unpaired) electrons. The van der Waals surface area contributed by atoms with Crippen LogP contribution in [0, 0.1) is 11.3 Å². The summed E-state index contributed by atoms with van der Waals surface area (Å²) in [5, 5.41) is 12.2. The molecule has 0 bridgehead atoms. The zero-order valence-electron chi connectivity index (χ0n) is 11.8. The van der Waals surface area contributed by atoms with Crippen LogP contribution in [-0.4, -0.2) is 0 Å². The molecular weight excluding hydrogens is 312 g/mol. The van der Waals surface area contributed by atoms with Crippen LogP contribution >= 0.6 is 11.3 Å². The van der Waals surface area contributed by atoms with E-state index in [9.17, 15) is 10.1 Å². The fourth-order valence-corrected chi connectivity index (χ4v) is 3.66. The van der Waals surface area contributed by atoms with Crippen molar-refractivity contribution in [1.29, 1.82) is 5.26 Å². The van der Waals surface area contributed by atoms with Gasteiger partial charge in [0.05, 0.1) is 11.5 Å². The quantitative estimate of drug-likeness (QED) is 0.695. The number of rotatable bonds is 1. The first kappa shape index (κ1) is 13.6. The van der Waals surface area contributed by atoms with Gasteiger partial charge in [0.15, 0.2) is 0 Å². The van der Waals surface area contributed by atoms with E-state index in [1.54, 1.807) is 18.2 Å². The summed E-state index contributed by atoms with van der Waals surface area (Å²) in [6.45, 7) is 0. The van der Waals surface area contributed by atoms with E-state index >= 15 is 0 Å². The minimum absolute atomic E-state index is 0.0797. The van der Waals surface area contributed by atoms with E-state index in [-0.39, 0.29) is 5.88 Å². The summed E-state index contributed by atoms with van der Waals surface area (Å²) >= 11 is 1.51. The summed E-state index contributed by atoms with van der Waals surface area (Å²) in [6.07, 6.45) is 0. The van der Waals surface area contributed by atoms with E-state index in [2.05, 4.69) is 6.07 Å². The minimum atomic E-state index is -0.447. The van der Waals surface area contributed by atoms with Crippen LogP contribution in [0.4, 0.5) is 0 Å². The van der Waals surface area contributed by atoms with E-state index in [0.29, 0.717) is 22.5 Å². The van der Waals surface area contributed by atoms with Crippen LogP contribution in [0.25, 0.3) is 11.0 Å². The van der Waals surface area contributed by atoms with Crippen molar-refractivity contribution in [3.63, 3.8) is 0 Å². The molecule has 1 aliphatic heterocycles. The van der Waals surface area contributed by atoms with Gasteiger partial charge in [-0.25, -0.2) is 4.79 Å². The average molecular weight is 322 g/mol. The molecule has 0 aliphatic carbocycles. The predicted molar refractivity (Wildman–Crippen MR) is 86.1 cm³/mol. The highest BCUT2D eigenvalue weighted by molar-refractivity contribution is 7.10. The van der Waals surface area contributed by atoms with Gasteiger partial charge in [0.25, 0.3) is 0 Å². The molecule has 0 saturated carbocycles. The van der Waals surface area contributed by atoms with Crippen LogP contribution in [0.2, 0.25) is 0 Å². The lowest BCUT2D eigenvalue weighted by Crippen LogP contribution is -2.21. The average Bonchev–Trinajstić information content (AvgIpc) is 3.07. The Labute approximate surface area is 134 Å². The minimum Gasteiger partial charge on any atom is -0.440 e. The lowest BCUT2D eigenvalue weighted by atomic mass is 9.87. The first-order valence-corrected chi connectivity index (χ1v) is 7.75. The van der Waals surface area contributed by atoms with Crippen molar-refractivity contribution in [2.45, 2.75) is 5.92 Å². The predicted octanol–water partition coefficient (Wildman–Crippen LogP) is 3.07. The normalized spacial score (nSPS) is 16.7. The van der Waals surface area contributed by atoms with Crippen LogP contribution in [0.1, 0.15) is 16.4 Å². The fourth-order valence-electron chi connectivity index (χ4n) is 2.82. The molecule has 1 aromatic carbocycles. The maximum Gasteiger partial charge on any atom is 0.336 e. The number of nitrogens with zero attached hydrogens (tertiary/aromatic N) is 1. The molecule has 5 nitrogen and oxygen atoms in total. The highest BCUT2D eigenvalue weighted by Gasteiger charge is 2.33. The highest BCUT2D eigenvalue weighted by atomic mass is 32.1. The second-order valence-electron chi connectivity index (χ2n) is 5.09. The van der Waals surface area contributed by atoms with Crippen molar-refractivity contribution in [2.75, 3.05) is 0 Å². The van der Waals surface area contributed by atoms with Gasteiger partial charge >= 0.3 is 5.63 Å². The third-order valence-electron chi connectivity index (χ3n) is 3.80. The topological polar surface area (TPSA) is 89.3 Å². The van der Waals surface area contributed by atoms with Crippen LogP contribution < -0.4 is 16.1 Å². The smallest absolute Gasteiger partial charge is 0.336 e. The maximum atomic E-state index is 11.7. The molecule has 3 aromatic rings. The molecule has 0 saturated heterocycles. The molecular formula is C17H10N2O3S. The third-order valence-corrected chi connectivity index (χ3v) is 4.74. The van der Waals surface area contributed by atoms with Crippen molar-refractivity contribution < 1.29 is 9.15 Å². The first-order valence-electron chi connectivity index (χ1n) is 6.87. The van der Waals surface area contributed by atoms with Crippen molar-refractivity contribution in [2.24, 2.45) is 5.73 Å². The SMILES string of the molecule is N#CC1=C(N)Oc2ccc3ccc(=O)oc3c2[C@H]1c1cccs1. The summed E-state index contributed by atoms with van der Waals surface area (Å²) in [5.74, 6) is 0.177. The monoisotopic (exact) mass is 322 g/mol. The number of thiophene rings is 1. The Balaban J connectivity index is 2.11. The number of nitrogens with two attached hydrogens (primary N) is 1. The Hall–Kier alpha value is -3.04. The Morgan fingerprint density at radius 2 is 2.04 bits per heavy atom. The Kier molecular flexibility index (Phi) is 2.96. The van der Waals surface area contributed by atoms with Gasteiger partial charge < -0.3 is 14.9 Å². The van der Waals surface area contributed by atoms with E-state index in [4.69, 9.17) is 14.9 Å². The second-order valence-corrected chi connectivity index (χ2v) is 6.07. The lowest BCUT2D eigenvalue weighted by Gasteiger charge is -2.25. The molecule has 0 fully saturated rings. The van der Waals surface area contributed by atoms with Gasteiger partial charge in [-0.1, -0.05) is 6.07 Å². The Bertz CT molecular complexity index is 1040. The van der Waals surface area contributed by atoms with E-state index < -0.39 is 11.5 Å². The molecule has 2 aromatic heterocycles. The van der Waals surface area contributed by atoms with Crippen molar-refractivity contribution in [3.8, 4) is 11.8 Å².